The van der Waals surface area contributed by atoms with E-state index in [1.54, 1.807) is 0 Å². The first-order valence-corrected chi connectivity index (χ1v) is 5.99. The molecular formula is C12H24O2Y. The van der Waals surface area contributed by atoms with E-state index in [4.69, 9.17) is 5.11 Å². The molecule has 1 radical (unpaired) electrons. The van der Waals surface area contributed by atoms with Gasteiger partial charge in [-0.25, -0.2) is 0 Å². The van der Waals surface area contributed by atoms with Crippen LogP contribution in [0.25, 0.3) is 0 Å². The van der Waals surface area contributed by atoms with E-state index in [0.717, 1.165) is 12.8 Å². The zero-order valence-electron chi connectivity index (χ0n) is 10.0. The summed E-state index contributed by atoms with van der Waals surface area (Å²) >= 11 is 0. The molecule has 0 unspecified atom stereocenters. The summed E-state index contributed by atoms with van der Waals surface area (Å²) in [4.78, 5) is 10.2. The van der Waals surface area contributed by atoms with Crippen LogP contribution >= 0.6 is 0 Å². The van der Waals surface area contributed by atoms with Crippen molar-refractivity contribution in [3.8, 4) is 0 Å². The first-order chi connectivity index (χ1) is 6.77. The van der Waals surface area contributed by atoms with Crippen molar-refractivity contribution in [2.24, 2.45) is 0 Å². The number of unbranched alkanes of at least 4 members (excludes halogenated alkanes) is 8. The Hall–Kier alpha value is 0.574. The Kier molecular flexibility index (Phi) is 17.4. The van der Waals surface area contributed by atoms with Gasteiger partial charge in [-0.3, -0.25) is 4.79 Å². The van der Waals surface area contributed by atoms with Gasteiger partial charge in [0.05, 0.1) is 0 Å². The molecule has 0 aliphatic rings. The van der Waals surface area contributed by atoms with Crippen LogP contribution in [0.3, 0.4) is 0 Å². The maximum Gasteiger partial charge on any atom is 0.303 e. The second-order valence-corrected chi connectivity index (χ2v) is 3.97. The van der Waals surface area contributed by atoms with Crippen LogP contribution in [0.15, 0.2) is 0 Å². The van der Waals surface area contributed by atoms with Crippen molar-refractivity contribution >= 4 is 5.97 Å². The van der Waals surface area contributed by atoms with E-state index < -0.39 is 5.97 Å². The van der Waals surface area contributed by atoms with Crippen molar-refractivity contribution in [1.29, 1.82) is 0 Å². The molecular weight excluding hydrogens is 265 g/mol. The van der Waals surface area contributed by atoms with Crippen LogP contribution in [-0.4, -0.2) is 11.1 Å². The zero-order valence-corrected chi connectivity index (χ0v) is 12.8. The topological polar surface area (TPSA) is 37.3 Å². The van der Waals surface area contributed by atoms with Crippen LogP contribution in [-0.2, 0) is 37.5 Å². The molecule has 1 N–H and O–H groups in total. The molecule has 0 aliphatic heterocycles. The van der Waals surface area contributed by atoms with Gasteiger partial charge in [-0.2, -0.15) is 0 Å². The number of hydrogen-bond donors (Lipinski definition) is 1. The van der Waals surface area contributed by atoms with Crippen LogP contribution in [0, 0.1) is 0 Å². The Morgan fingerprint density at radius 3 is 1.67 bits per heavy atom. The van der Waals surface area contributed by atoms with E-state index in [0.29, 0.717) is 6.42 Å². The molecule has 15 heavy (non-hydrogen) atoms. The van der Waals surface area contributed by atoms with Crippen molar-refractivity contribution in [1.82, 2.24) is 0 Å². The number of carboxylic acids is 1. The van der Waals surface area contributed by atoms with Gasteiger partial charge in [0.2, 0.25) is 0 Å². The monoisotopic (exact) mass is 289 g/mol. The summed E-state index contributed by atoms with van der Waals surface area (Å²) in [5.41, 5.74) is 0. The van der Waals surface area contributed by atoms with Crippen molar-refractivity contribution in [3.63, 3.8) is 0 Å². The molecule has 0 amide bonds. The van der Waals surface area contributed by atoms with E-state index in [9.17, 15) is 4.79 Å². The SMILES string of the molecule is CCCCCCCCCCCC(=O)O.[Y]. The maximum atomic E-state index is 10.2. The summed E-state index contributed by atoms with van der Waals surface area (Å²) in [7, 11) is 0. The van der Waals surface area contributed by atoms with Crippen LogP contribution < -0.4 is 0 Å². The summed E-state index contributed by atoms with van der Waals surface area (Å²) in [5.74, 6) is -0.659. The summed E-state index contributed by atoms with van der Waals surface area (Å²) in [5, 5.41) is 8.41. The number of carboxylic acid groups (broad SMARTS) is 1. The van der Waals surface area contributed by atoms with Crippen LogP contribution in [0.5, 0.6) is 0 Å². The third-order valence-corrected chi connectivity index (χ3v) is 2.49. The largest absolute Gasteiger partial charge is 0.481 e. The predicted molar refractivity (Wildman–Crippen MR) is 59.5 cm³/mol. The Bertz CT molecular complexity index is 138. The van der Waals surface area contributed by atoms with Gasteiger partial charge in [-0.15, -0.1) is 0 Å². The number of carbonyl (C=O) groups is 1. The van der Waals surface area contributed by atoms with Crippen molar-refractivity contribution in [2.75, 3.05) is 0 Å². The third-order valence-electron chi connectivity index (χ3n) is 2.49. The molecule has 0 aromatic rings. The Morgan fingerprint density at radius 1 is 0.867 bits per heavy atom. The molecule has 0 saturated heterocycles. The number of rotatable bonds is 10. The standard InChI is InChI=1S/C12H24O2.Y/c1-2-3-4-5-6-7-8-9-10-11-12(13)14;/h2-11H2,1H3,(H,13,14);. The molecule has 0 aliphatic carbocycles. The van der Waals surface area contributed by atoms with Crippen molar-refractivity contribution in [3.05, 3.63) is 0 Å². The van der Waals surface area contributed by atoms with E-state index in [1.807, 2.05) is 0 Å². The molecule has 87 valence electrons. The minimum atomic E-state index is -0.659. The quantitative estimate of drug-likeness (QED) is 0.617. The summed E-state index contributed by atoms with van der Waals surface area (Å²) in [6, 6.07) is 0. The van der Waals surface area contributed by atoms with Crippen molar-refractivity contribution in [2.45, 2.75) is 71.1 Å². The fourth-order valence-electron chi connectivity index (χ4n) is 1.59. The molecule has 2 nitrogen and oxygen atoms in total. The molecule has 0 spiro atoms. The second-order valence-electron chi connectivity index (χ2n) is 3.97. The van der Waals surface area contributed by atoms with E-state index in [-0.39, 0.29) is 32.7 Å². The van der Waals surface area contributed by atoms with Gasteiger partial charge in [0.15, 0.2) is 0 Å². The Morgan fingerprint density at radius 2 is 1.27 bits per heavy atom. The second kappa shape index (κ2) is 14.6. The first kappa shape index (κ1) is 18.0. The van der Waals surface area contributed by atoms with Crippen LogP contribution in [0.4, 0.5) is 0 Å². The third kappa shape index (κ3) is 17.2. The zero-order chi connectivity index (χ0) is 10.6. The number of aliphatic carboxylic acids is 1. The molecule has 0 aromatic heterocycles. The fourth-order valence-corrected chi connectivity index (χ4v) is 1.59. The van der Waals surface area contributed by atoms with E-state index in [1.165, 1.54) is 44.9 Å². The summed E-state index contributed by atoms with van der Waals surface area (Å²) in [6.45, 7) is 2.23. The van der Waals surface area contributed by atoms with Crippen molar-refractivity contribution < 1.29 is 42.6 Å². The van der Waals surface area contributed by atoms with Gasteiger partial charge in [0.25, 0.3) is 0 Å². The molecule has 0 atom stereocenters. The molecule has 0 rings (SSSR count). The van der Waals surface area contributed by atoms with Gasteiger partial charge in [-0.05, 0) is 6.42 Å². The van der Waals surface area contributed by atoms with Crippen LogP contribution in [0.1, 0.15) is 71.1 Å². The number of hydrogen-bond acceptors (Lipinski definition) is 1. The van der Waals surface area contributed by atoms with Gasteiger partial charge in [-0.1, -0.05) is 58.3 Å². The molecule has 0 aromatic carbocycles. The molecule has 0 fully saturated rings. The minimum absolute atomic E-state index is 0. The van der Waals surface area contributed by atoms with Gasteiger partial charge < -0.3 is 5.11 Å². The average Bonchev–Trinajstić information content (AvgIpc) is 2.15. The molecule has 0 saturated carbocycles. The molecule has 0 heterocycles. The van der Waals surface area contributed by atoms with E-state index >= 15 is 0 Å². The van der Waals surface area contributed by atoms with Gasteiger partial charge >= 0.3 is 5.97 Å². The summed E-state index contributed by atoms with van der Waals surface area (Å²) in [6.07, 6.45) is 11.5. The van der Waals surface area contributed by atoms with Gasteiger partial charge in [0.1, 0.15) is 0 Å². The smallest absolute Gasteiger partial charge is 0.303 e. The Labute approximate surface area is 119 Å². The van der Waals surface area contributed by atoms with Gasteiger partial charge in [0, 0.05) is 39.1 Å². The Balaban J connectivity index is 0. The minimum Gasteiger partial charge on any atom is -0.481 e. The molecule has 3 heteroatoms. The predicted octanol–water partition coefficient (Wildman–Crippen LogP) is 3.99. The molecule has 0 bridgehead atoms. The van der Waals surface area contributed by atoms with E-state index in [2.05, 4.69) is 6.92 Å². The van der Waals surface area contributed by atoms with Crippen LogP contribution in [0.2, 0.25) is 0 Å². The summed E-state index contributed by atoms with van der Waals surface area (Å²) < 4.78 is 0. The fraction of sp³-hybridized carbons (Fsp3) is 0.917. The normalized spacial score (nSPS) is 9.67. The average molecular weight is 289 g/mol. The maximum absolute atomic E-state index is 10.2. The first-order valence-electron chi connectivity index (χ1n) is 5.99.